The Balaban J connectivity index is 1.19. The summed E-state index contributed by atoms with van der Waals surface area (Å²) in [6.45, 7) is 3.96. The molecule has 3 aromatic carbocycles. The maximum atomic E-state index is 13.4. The van der Waals surface area contributed by atoms with E-state index in [-0.39, 0.29) is 10.9 Å². The first-order valence-corrected chi connectivity index (χ1v) is 14.9. The fraction of sp³-hybridized carbons (Fsp3) is 0.233. The number of nitrogens with zero attached hydrogens (tertiary/aromatic N) is 6. The fourth-order valence-corrected chi connectivity index (χ4v) is 6.51. The molecule has 0 saturated carbocycles. The number of ether oxygens (including phenoxy) is 1. The number of methoxy groups -OCH3 is 1. The van der Waals surface area contributed by atoms with Gasteiger partial charge in [-0.05, 0) is 61.5 Å². The number of rotatable bonds is 8. The van der Waals surface area contributed by atoms with Crippen LogP contribution >= 0.6 is 0 Å². The predicted octanol–water partition coefficient (Wildman–Crippen LogP) is 4.64. The average Bonchev–Trinajstić information content (AvgIpc) is 3.56. The van der Waals surface area contributed by atoms with Crippen molar-refractivity contribution < 1.29 is 13.2 Å². The second-order valence-corrected chi connectivity index (χ2v) is 11.8. The molecule has 0 spiro atoms. The molecule has 1 fully saturated rings. The Morgan fingerprint density at radius 2 is 1.61 bits per heavy atom. The van der Waals surface area contributed by atoms with Crippen LogP contribution < -0.4 is 10.1 Å². The highest BCUT2D eigenvalue weighted by Gasteiger charge is 2.31. The summed E-state index contributed by atoms with van der Waals surface area (Å²) in [6.07, 6.45) is 3.51. The van der Waals surface area contributed by atoms with Crippen LogP contribution in [-0.4, -0.2) is 70.7 Å². The summed E-state index contributed by atoms with van der Waals surface area (Å²) in [5, 5.41) is 8.54. The predicted molar refractivity (Wildman–Crippen MR) is 158 cm³/mol. The van der Waals surface area contributed by atoms with Gasteiger partial charge in [0.05, 0.1) is 34.9 Å². The number of sulfonamides is 1. The zero-order valence-electron chi connectivity index (χ0n) is 22.9. The molecule has 3 heterocycles. The highest BCUT2D eigenvalue weighted by Crippen LogP contribution is 2.31. The molecule has 1 saturated heterocycles. The lowest BCUT2D eigenvalue weighted by Gasteiger charge is -2.36. The number of aromatic nitrogens is 4. The zero-order valence-corrected chi connectivity index (χ0v) is 23.7. The number of piperazine rings is 1. The Hall–Kier alpha value is -4.32. The van der Waals surface area contributed by atoms with E-state index in [9.17, 15) is 8.42 Å². The summed E-state index contributed by atoms with van der Waals surface area (Å²) in [5.41, 5.74) is 2.46. The van der Waals surface area contributed by atoms with Crippen LogP contribution in [0.2, 0.25) is 0 Å². The summed E-state index contributed by atoms with van der Waals surface area (Å²) in [5.74, 6) is 2.09. The molecule has 0 amide bonds. The standard InChI is InChI=1S/C30H31N7O3S/c1-22(29-32-26-9-4-3-8-25(26)30(34-29)33-27-10-5-6-11-28(27)40-2)35-18-20-36(21-19-35)41(38,39)24-14-12-23(13-15-24)37-17-7-16-31-37/h3-17,22H,18-21H2,1-2H3,(H,32,33,34)/t22-/m0/s1. The summed E-state index contributed by atoms with van der Waals surface area (Å²) in [4.78, 5) is 12.3. The number of hydrogen-bond donors (Lipinski definition) is 1. The van der Waals surface area contributed by atoms with Gasteiger partial charge in [-0.2, -0.15) is 9.40 Å². The van der Waals surface area contributed by atoms with Gasteiger partial charge in [0.2, 0.25) is 10.0 Å². The molecule has 1 aliphatic heterocycles. The van der Waals surface area contributed by atoms with Gasteiger partial charge < -0.3 is 10.1 Å². The van der Waals surface area contributed by atoms with E-state index in [1.54, 1.807) is 46.6 Å². The lowest BCUT2D eigenvalue weighted by molar-refractivity contribution is 0.141. The van der Waals surface area contributed by atoms with Gasteiger partial charge in [-0.25, -0.2) is 23.1 Å². The van der Waals surface area contributed by atoms with Crippen LogP contribution in [0.4, 0.5) is 11.5 Å². The molecule has 6 rings (SSSR count). The van der Waals surface area contributed by atoms with Crippen molar-refractivity contribution in [2.75, 3.05) is 38.6 Å². The van der Waals surface area contributed by atoms with Crippen molar-refractivity contribution in [2.24, 2.45) is 0 Å². The Morgan fingerprint density at radius 3 is 2.34 bits per heavy atom. The van der Waals surface area contributed by atoms with Crippen LogP contribution in [-0.2, 0) is 10.0 Å². The van der Waals surface area contributed by atoms with Gasteiger partial charge in [0, 0.05) is 44.0 Å². The normalized spacial score (nSPS) is 15.6. The molecule has 1 atom stereocenters. The second-order valence-electron chi connectivity index (χ2n) is 9.83. The van der Waals surface area contributed by atoms with Crippen LogP contribution in [0.5, 0.6) is 5.75 Å². The first kappa shape index (κ1) is 26.9. The van der Waals surface area contributed by atoms with Crippen LogP contribution in [0.1, 0.15) is 18.8 Å². The smallest absolute Gasteiger partial charge is 0.243 e. The van der Waals surface area contributed by atoms with E-state index in [2.05, 4.69) is 22.2 Å². The maximum absolute atomic E-state index is 13.4. The number of benzene rings is 3. The second kappa shape index (κ2) is 11.3. The molecular weight excluding hydrogens is 538 g/mol. The van der Waals surface area contributed by atoms with Crippen molar-refractivity contribution in [3.05, 3.63) is 97.1 Å². The SMILES string of the molecule is COc1ccccc1Nc1nc([C@H](C)N2CCN(S(=O)(=O)c3ccc(-n4cccn4)cc3)CC2)nc2ccccc12. The van der Waals surface area contributed by atoms with Crippen molar-refractivity contribution in [3.63, 3.8) is 0 Å². The lowest BCUT2D eigenvalue weighted by atomic mass is 10.2. The molecule has 0 bridgehead atoms. The van der Waals surface area contributed by atoms with Gasteiger partial charge in [0.1, 0.15) is 17.4 Å². The van der Waals surface area contributed by atoms with Gasteiger partial charge >= 0.3 is 0 Å². The van der Waals surface area contributed by atoms with E-state index < -0.39 is 10.0 Å². The third kappa shape index (κ3) is 5.39. The summed E-state index contributed by atoms with van der Waals surface area (Å²) >= 11 is 0. The highest BCUT2D eigenvalue weighted by molar-refractivity contribution is 7.89. The van der Waals surface area contributed by atoms with Gasteiger partial charge in [-0.3, -0.25) is 4.90 Å². The van der Waals surface area contributed by atoms with Crippen LogP contribution in [0.25, 0.3) is 16.6 Å². The van der Waals surface area contributed by atoms with Gasteiger partial charge in [-0.1, -0.05) is 24.3 Å². The molecule has 5 aromatic rings. The van der Waals surface area contributed by atoms with E-state index in [1.165, 1.54) is 0 Å². The Kier molecular flexibility index (Phi) is 7.39. The zero-order chi connectivity index (χ0) is 28.4. The molecule has 2 aromatic heterocycles. The molecule has 11 heteroatoms. The van der Waals surface area contributed by atoms with E-state index in [4.69, 9.17) is 14.7 Å². The minimum absolute atomic E-state index is 0.115. The lowest BCUT2D eigenvalue weighted by Crippen LogP contribution is -2.49. The first-order chi connectivity index (χ1) is 19.9. The Morgan fingerprint density at radius 1 is 0.878 bits per heavy atom. The molecule has 0 unspecified atom stereocenters. The molecule has 41 heavy (non-hydrogen) atoms. The fourth-order valence-electron chi connectivity index (χ4n) is 5.09. The van der Waals surface area contributed by atoms with E-state index >= 15 is 0 Å². The van der Waals surface area contributed by atoms with E-state index in [0.29, 0.717) is 37.8 Å². The van der Waals surface area contributed by atoms with Crippen molar-refractivity contribution in [1.82, 2.24) is 29.0 Å². The van der Waals surface area contributed by atoms with E-state index in [1.807, 2.05) is 60.8 Å². The molecular formula is C30H31N7O3S. The highest BCUT2D eigenvalue weighted by atomic mass is 32.2. The van der Waals surface area contributed by atoms with Gasteiger partial charge in [0.25, 0.3) is 0 Å². The molecule has 10 nitrogen and oxygen atoms in total. The van der Waals surface area contributed by atoms with Crippen LogP contribution in [0.15, 0.2) is 96.2 Å². The van der Waals surface area contributed by atoms with Crippen molar-refractivity contribution in [2.45, 2.75) is 17.9 Å². The summed E-state index contributed by atoms with van der Waals surface area (Å²) in [6, 6.07) is 24.1. The van der Waals surface area contributed by atoms with Crippen LogP contribution in [0.3, 0.4) is 0 Å². The van der Waals surface area contributed by atoms with E-state index in [0.717, 1.165) is 28.0 Å². The third-order valence-electron chi connectivity index (χ3n) is 7.42. The molecule has 1 aliphatic rings. The molecule has 0 radical (unpaired) electrons. The van der Waals surface area contributed by atoms with Gasteiger partial charge in [-0.15, -0.1) is 0 Å². The van der Waals surface area contributed by atoms with Crippen molar-refractivity contribution >= 4 is 32.4 Å². The number of fused-ring (bicyclic) bond motifs is 1. The van der Waals surface area contributed by atoms with Crippen LogP contribution in [0, 0.1) is 0 Å². The van der Waals surface area contributed by atoms with Crippen molar-refractivity contribution in [3.8, 4) is 11.4 Å². The summed E-state index contributed by atoms with van der Waals surface area (Å²) < 4.78 is 35.6. The number of hydrogen-bond acceptors (Lipinski definition) is 8. The maximum Gasteiger partial charge on any atom is 0.243 e. The average molecular weight is 570 g/mol. The molecule has 210 valence electrons. The number of para-hydroxylation sites is 3. The minimum Gasteiger partial charge on any atom is -0.495 e. The minimum atomic E-state index is -3.61. The molecule has 0 aliphatic carbocycles. The summed E-state index contributed by atoms with van der Waals surface area (Å²) in [7, 11) is -1.97. The number of nitrogens with one attached hydrogen (secondary N) is 1. The monoisotopic (exact) mass is 569 g/mol. The quantitative estimate of drug-likeness (QED) is 0.288. The van der Waals surface area contributed by atoms with Gasteiger partial charge in [0.15, 0.2) is 0 Å². The Labute approximate surface area is 239 Å². The first-order valence-electron chi connectivity index (χ1n) is 13.4. The number of anilines is 2. The Bertz CT molecular complexity index is 1750. The molecule has 1 N–H and O–H groups in total. The third-order valence-corrected chi connectivity index (χ3v) is 9.33. The van der Waals surface area contributed by atoms with Crippen molar-refractivity contribution in [1.29, 1.82) is 0 Å². The largest absolute Gasteiger partial charge is 0.495 e. The topological polar surface area (TPSA) is 105 Å².